The largest absolute Gasteiger partial charge is 0.477 e. The number of carbonyl (C=O) groups is 1. The summed E-state index contributed by atoms with van der Waals surface area (Å²) in [4.78, 5) is 38.1. The first kappa shape index (κ1) is 43.0. The van der Waals surface area contributed by atoms with Crippen LogP contribution in [0.3, 0.4) is 0 Å². The molecule has 4 heterocycles. The predicted octanol–water partition coefficient (Wildman–Crippen LogP) is 6.85. The maximum absolute atomic E-state index is 15.7. The van der Waals surface area contributed by atoms with E-state index < -0.39 is 82.9 Å². The van der Waals surface area contributed by atoms with Gasteiger partial charge < -0.3 is 10.1 Å². The van der Waals surface area contributed by atoms with Gasteiger partial charge in [-0.1, -0.05) is 18.5 Å². The van der Waals surface area contributed by atoms with Crippen molar-refractivity contribution in [3.05, 3.63) is 97.8 Å². The first-order chi connectivity index (χ1) is 29.1. The topological polar surface area (TPSA) is 168 Å². The average molecular weight is 906 g/mol. The minimum Gasteiger partial charge on any atom is -0.477 e. The van der Waals surface area contributed by atoms with Gasteiger partial charge in [0, 0.05) is 49.4 Å². The zero-order valence-corrected chi connectivity index (χ0v) is 35.0. The molecular weight excluding hydrogens is 868 g/mol. The van der Waals surface area contributed by atoms with E-state index in [1.165, 1.54) is 42.9 Å². The van der Waals surface area contributed by atoms with E-state index in [1.807, 2.05) is 0 Å². The molecule has 1 amide bonds. The summed E-state index contributed by atoms with van der Waals surface area (Å²) in [5.74, 6) is -10.9. The van der Waals surface area contributed by atoms with Crippen LogP contribution >= 0.6 is 11.6 Å². The Balaban J connectivity index is 1.32. The molecule has 62 heavy (non-hydrogen) atoms. The fourth-order valence-electron chi connectivity index (χ4n) is 7.84. The number of halogens is 7. The molecule has 1 saturated carbocycles. The first-order valence-electron chi connectivity index (χ1n) is 19.4. The van der Waals surface area contributed by atoms with Gasteiger partial charge in [-0.15, -0.1) is 0 Å². The van der Waals surface area contributed by atoms with Crippen molar-refractivity contribution in [2.45, 2.75) is 76.3 Å². The summed E-state index contributed by atoms with van der Waals surface area (Å²) in [6.07, 6.45) is 1.39. The molecule has 0 spiro atoms. The third-order valence-corrected chi connectivity index (χ3v) is 11.6. The fraction of sp³-hybridized carbons (Fsp3) is 0.400. The number of benzene rings is 2. The van der Waals surface area contributed by atoms with Gasteiger partial charge in [0.25, 0.3) is 11.5 Å². The predicted molar refractivity (Wildman–Crippen MR) is 216 cm³/mol. The van der Waals surface area contributed by atoms with Crippen molar-refractivity contribution in [2.24, 2.45) is 13.0 Å². The molecule has 1 fully saturated rings. The number of ether oxygens (including phenoxy) is 1. The lowest BCUT2D eigenvalue weighted by Crippen LogP contribution is -2.38. The second-order valence-corrected chi connectivity index (χ2v) is 18.1. The number of carbonyl (C=O) groups excluding carboxylic acids is 1. The first-order valence-corrected chi connectivity index (χ1v) is 21.6. The van der Waals surface area contributed by atoms with E-state index in [1.54, 1.807) is 0 Å². The van der Waals surface area contributed by atoms with Gasteiger partial charge in [-0.25, -0.2) is 31.0 Å². The highest BCUT2D eigenvalue weighted by molar-refractivity contribution is 7.92. The average Bonchev–Trinajstić information content (AvgIpc) is 3.80. The summed E-state index contributed by atoms with van der Waals surface area (Å²) >= 11 is 6.61. The number of rotatable bonds is 14. The molecule has 2 atom stereocenters. The van der Waals surface area contributed by atoms with Crippen molar-refractivity contribution < 1.29 is 44.3 Å². The highest BCUT2D eigenvalue weighted by Crippen LogP contribution is 2.51. The van der Waals surface area contributed by atoms with Gasteiger partial charge >= 0.3 is 0 Å². The van der Waals surface area contributed by atoms with Crippen molar-refractivity contribution in [3.63, 3.8) is 0 Å². The van der Waals surface area contributed by atoms with Gasteiger partial charge in [-0.3, -0.25) is 28.2 Å². The van der Waals surface area contributed by atoms with Crippen LogP contribution in [0.2, 0.25) is 5.02 Å². The lowest BCUT2D eigenvalue weighted by Gasteiger charge is -2.24. The number of aromatic nitrogens is 7. The van der Waals surface area contributed by atoms with Gasteiger partial charge in [0.2, 0.25) is 27.7 Å². The molecule has 4 aromatic heterocycles. The number of amides is 1. The zero-order valence-electron chi connectivity index (χ0n) is 33.4. The van der Waals surface area contributed by atoms with Crippen LogP contribution in [0.25, 0.3) is 27.6 Å². The van der Waals surface area contributed by atoms with E-state index in [0.29, 0.717) is 24.2 Å². The molecular formula is C40H38ClF6N9O5S. The smallest absolute Gasteiger partial charge is 0.292 e. The normalized spacial score (nSPS) is 16.8. The quantitative estimate of drug-likeness (QED) is 0.111. The Morgan fingerprint density at radius 2 is 1.79 bits per heavy atom. The number of anilines is 1. The molecule has 2 aliphatic carbocycles. The molecule has 0 bridgehead atoms. The Bertz CT molecular complexity index is 2950. The molecule has 22 heteroatoms. The van der Waals surface area contributed by atoms with Crippen molar-refractivity contribution >= 4 is 55.3 Å². The van der Waals surface area contributed by atoms with E-state index in [2.05, 4.69) is 30.2 Å². The number of alkyl halides is 4. The van der Waals surface area contributed by atoms with Crippen molar-refractivity contribution in [2.75, 3.05) is 17.6 Å². The Labute approximate surface area is 354 Å². The zero-order chi connectivity index (χ0) is 44.6. The van der Waals surface area contributed by atoms with Crippen molar-refractivity contribution in [1.82, 2.24) is 39.4 Å². The maximum Gasteiger partial charge on any atom is 0.292 e. The molecule has 2 unspecified atom stereocenters. The number of nitrogens with zero attached hydrogens (tertiary/aromatic N) is 7. The minimum absolute atomic E-state index is 0.00173. The summed E-state index contributed by atoms with van der Waals surface area (Å²) in [6.45, 7) is 0.960. The standard InChI is InChI=1S/C40H38ClF6N9O5S/c1-19-13-25-32(21-5-6-21)51-55(34(25)40(19,46)47)18-29(57)48-27(16-20-14-22(42)17-23(43)15-20)37-50-35-24(7-10-30(49-35)61-12-11-39(2,44)45)38(58)56(37)28-9-8-26(41)31-33(28)54(3)52-36(31)53-62(4,59)60/h7-10,14-15,17,19,21,27H,5-6,11-13,16,18H2,1-4H3,(H,48,57)(H,52,53). The molecule has 2 aliphatic rings. The van der Waals surface area contributed by atoms with Gasteiger partial charge in [0.1, 0.15) is 29.7 Å². The van der Waals surface area contributed by atoms with Crippen molar-refractivity contribution in [3.8, 4) is 11.6 Å². The lowest BCUT2D eigenvalue weighted by molar-refractivity contribution is -0.123. The van der Waals surface area contributed by atoms with Crippen LogP contribution in [0.4, 0.5) is 32.2 Å². The van der Waals surface area contributed by atoms with Crippen LogP contribution in [0, 0.1) is 17.6 Å². The van der Waals surface area contributed by atoms with Crippen LogP contribution in [-0.4, -0.2) is 67.2 Å². The summed E-state index contributed by atoms with van der Waals surface area (Å²) < 4.78 is 124. The Hall–Kier alpha value is -5.70. The van der Waals surface area contributed by atoms with E-state index in [-0.39, 0.29) is 73.8 Å². The second kappa shape index (κ2) is 15.6. The monoisotopic (exact) mass is 905 g/mol. The number of aryl methyl sites for hydroxylation is 1. The van der Waals surface area contributed by atoms with Crippen LogP contribution in [0.15, 0.2) is 47.3 Å². The number of hydrogen-bond donors (Lipinski definition) is 2. The van der Waals surface area contributed by atoms with Crippen molar-refractivity contribution in [1.29, 1.82) is 0 Å². The summed E-state index contributed by atoms with van der Waals surface area (Å²) in [5, 5.41) is 11.4. The van der Waals surface area contributed by atoms with Crippen LogP contribution in [0.1, 0.15) is 73.4 Å². The third-order valence-electron chi connectivity index (χ3n) is 10.8. The SMILES string of the molecule is CC1Cc2c(C3CC3)nn(CC(=O)NC(Cc3cc(F)cc(F)c3)c3nc4nc(OCCC(C)(F)F)ccc4c(=O)n3-c3ccc(Cl)c4c(NS(C)(=O)=O)nn(C)c34)c2C1(F)F. The summed E-state index contributed by atoms with van der Waals surface area (Å²) in [5.41, 5.74) is -0.503. The Morgan fingerprint density at radius 1 is 1.08 bits per heavy atom. The molecule has 0 aliphatic heterocycles. The Morgan fingerprint density at radius 3 is 2.45 bits per heavy atom. The van der Waals surface area contributed by atoms with Crippen LogP contribution < -0.4 is 20.3 Å². The molecule has 14 nitrogen and oxygen atoms in total. The maximum atomic E-state index is 15.7. The molecule has 6 aromatic rings. The number of nitrogens with one attached hydrogen (secondary N) is 2. The number of hydrogen-bond acceptors (Lipinski definition) is 9. The third kappa shape index (κ3) is 8.43. The summed E-state index contributed by atoms with van der Waals surface area (Å²) in [6, 6.07) is 6.45. The van der Waals surface area contributed by atoms with E-state index >= 15 is 8.78 Å². The van der Waals surface area contributed by atoms with Gasteiger partial charge in [-0.2, -0.15) is 24.0 Å². The number of sulfonamides is 1. The van der Waals surface area contributed by atoms with Gasteiger partial charge in [0.05, 0.1) is 51.6 Å². The molecule has 2 N–H and O–H groups in total. The number of pyridine rings is 1. The highest BCUT2D eigenvalue weighted by atomic mass is 35.5. The molecule has 2 aromatic carbocycles. The highest BCUT2D eigenvalue weighted by Gasteiger charge is 2.52. The van der Waals surface area contributed by atoms with Gasteiger partial charge in [-0.05, 0) is 62.1 Å². The second-order valence-electron chi connectivity index (χ2n) is 15.9. The van der Waals surface area contributed by atoms with E-state index in [0.717, 1.165) is 40.5 Å². The molecule has 328 valence electrons. The van der Waals surface area contributed by atoms with E-state index in [4.69, 9.17) is 16.3 Å². The minimum atomic E-state index is -3.91. The lowest BCUT2D eigenvalue weighted by atomic mass is 10.0. The van der Waals surface area contributed by atoms with Crippen LogP contribution in [-0.2, 0) is 47.2 Å². The summed E-state index contributed by atoms with van der Waals surface area (Å²) in [7, 11) is -2.46. The Kier molecular flexibility index (Phi) is 10.8. The molecule has 0 saturated heterocycles. The molecule has 0 radical (unpaired) electrons. The number of fused-ring (bicyclic) bond motifs is 3. The molecule has 8 rings (SSSR count). The fourth-order valence-corrected chi connectivity index (χ4v) is 8.58. The van der Waals surface area contributed by atoms with E-state index in [9.17, 15) is 35.6 Å². The van der Waals surface area contributed by atoms with Crippen LogP contribution in [0.5, 0.6) is 5.88 Å². The van der Waals surface area contributed by atoms with Gasteiger partial charge in [0.15, 0.2) is 11.5 Å².